The molecule has 1 aliphatic heterocycles. The largest absolute Gasteiger partial charge is 0.467 e. The van der Waals surface area contributed by atoms with Crippen molar-refractivity contribution in [1.82, 2.24) is 14.9 Å². The van der Waals surface area contributed by atoms with Crippen molar-refractivity contribution in [1.29, 1.82) is 0 Å². The number of aromatic nitrogens is 2. The van der Waals surface area contributed by atoms with Crippen LogP contribution in [0.2, 0.25) is 0 Å². The molecule has 3 aromatic rings. The van der Waals surface area contributed by atoms with Crippen LogP contribution in [0.15, 0.2) is 49.1 Å². The summed E-state index contributed by atoms with van der Waals surface area (Å²) in [5, 5.41) is 2.56. The SMILES string of the molecule is C=CC(=O)N1CCN(c2nc(OC)nc3c2CCC(c2cccc4cccc(C)c24)=C3)CC1. The molecule has 0 saturated carbocycles. The minimum atomic E-state index is -0.0186. The molecule has 1 aliphatic carbocycles. The van der Waals surface area contributed by atoms with Crippen LogP contribution in [0.4, 0.5) is 5.82 Å². The molecule has 1 saturated heterocycles. The van der Waals surface area contributed by atoms with Crippen LogP contribution in [0, 0.1) is 6.92 Å². The molecule has 0 spiro atoms. The topological polar surface area (TPSA) is 58.6 Å². The van der Waals surface area contributed by atoms with Crippen LogP contribution >= 0.6 is 0 Å². The first-order chi connectivity index (χ1) is 16.1. The van der Waals surface area contributed by atoms with E-state index in [0.717, 1.165) is 43.0 Å². The second-order valence-electron chi connectivity index (χ2n) is 8.56. The van der Waals surface area contributed by atoms with Crippen molar-refractivity contribution in [2.75, 3.05) is 38.2 Å². The minimum absolute atomic E-state index is 0.0186. The van der Waals surface area contributed by atoms with Crippen LogP contribution in [-0.4, -0.2) is 54.1 Å². The third kappa shape index (κ3) is 3.86. The molecule has 6 nitrogen and oxygen atoms in total. The Morgan fingerprint density at radius 2 is 1.82 bits per heavy atom. The fraction of sp³-hybridized carbons (Fsp3) is 0.296. The Balaban J connectivity index is 1.53. The number of hydrogen-bond donors (Lipinski definition) is 0. The number of methoxy groups -OCH3 is 1. The van der Waals surface area contributed by atoms with Gasteiger partial charge in [0.05, 0.1) is 12.8 Å². The first-order valence-electron chi connectivity index (χ1n) is 11.4. The van der Waals surface area contributed by atoms with E-state index in [-0.39, 0.29) is 5.91 Å². The second kappa shape index (κ2) is 8.70. The van der Waals surface area contributed by atoms with Crippen LogP contribution in [0.3, 0.4) is 0 Å². The lowest BCUT2D eigenvalue weighted by Crippen LogP contribution is -2.49. The first kappa shape index (κ1) is 21.2. The number of hydrogen-bond acceptors (Lipinski definition) is 5. The zero-order valence-electron chi connectivity index (χ0n) is 19.2. The standard InChI is InChI=1S/C27H28N4O2/c1-4-24(32)30-13-15-31(16-14-30)26-22-12-11-20(17-23(22)28-27(29-26)33-3)21-10-6-9-19-8-5-7-18(2)25(19)21/h4-10,17H,1,11-16H2,2-3H3. The number of allylic oxidation sites excluding steroid dienone is 1. The van der Waals surface area contributed by atoms with Crippen molar-refractivity contribution >= 4 is 34.1 Å². The Hall–Kier alpha value is -3.67. The molecule has 0 unspecified atom stereocenters. The van der Waals surface area contributed by atoms with Gasteiger partial charge in [0, 0.05) is 31.7 Å². The average molecular weight is 441 g/mol. The maximum atomic E-state index is 12.0. The summed E-state index contributed by atoms with van der Waals surface area (Å²) in [6.45, 7) is 8.54. The lowest BCUT2D eigenvalue weighted by atomic mass is 9.87. The predicted molar refractivity (Wildman–Crippen MR) is 132 cm³/mol. The number of amides is 1. The van der Waals surface area contributed by atoms with Gasteiger partial charge in [0.25, 0.3) is 0 Å². The highest BCUT2D eigenvalue weighted by atomic mass is 16.5. The highest BCUT2D eigenvalue weighted by Gasteiger charge is 2.27. The van der Waals surface area contributed by atoms with Gasteiger partial charge in [-0.3, -0.25) is 4.79 Å². The highest BCUT2D eigenvalue weighted by Crippen LogP contribution is 2.38. The minimum Gasteiger partial charge on any atom is -0.467 e. The zero-order valence-corrected chi connectivity index (χ0v) is 19.2. The fourth-order valence-electron chi connectivity index (χ4n) is 4.95. The summed E-state index contributed by atoms with van der Waals surface area (Å²) in [6, 6.07) is 13.3. The molecule has 1 fully saturated rings. The van der Waals surface area contributed by atoms with Gasteiger partial charge in [-0.05, 0) is 59.4 Å². The number of carbonyl (C=O) groups excluding carboxylic acids is 1. The molecular weight excluding hydrogens is 412 g/mol. The van der Waals surface area contributed by atoms with Crippen LogP contribution in [0.5, 0.6) is 6.01 Å². The van der Waals surface area contributed by atoms with Gasteiger partial charge in [0.1, 0.15) is 5.82 Å². The number of anilines is 1. The molecular formula is C27H28N4O2. The summed E-state index contributed by atoms with van der Waals surface area (Å²) in [4.78, 5) is 25.5. The van der Waals surface area contributed by atoms with Crippen molar-refractivity contribution in [2.45, 2.75) is 19.8 Å². The molecule has 2 aliphatic rings. The van der Waals surface area contributed by atoms with Crippen LogP contribution in [0.1, 0.15) is 28.8 Å². The first-order valence-corrected chi connectivity index (χ1v) is 11.4. The van der Waals surface area contributed by atoms with E-state index in [1.54, 1.807) is 7.11 Å². The normalized spacial score (nSPS) is 15.8. The van der Waals surface area contributed by atoms with Gasteiger partial charge in [0.2, 0.25) is 5.91 Å². The third-order valence-electron chi connectivity index (χ3n) is 6.66. The van der Waals surface area contributed by atoms with E-state index in [9.17, 15) is 4.79 Å². The number of benzene rings is 2. The second-order valence-corrected chi connectivity index (χ2v) is 8.56. The predicted octanol–water partition coefficient (Wildman–Crippen LogP) is 4.27. The van der Waals surface area contributed by atoms with Crippen molar-refractivity contribution in [2.24, 2.45) is 0 Å². The number of aryl methyl sites for hydroxylation is 1. The zero-order chi connectivity index (χ0) is 22.9. The lowest BCUT2D eigenvalue weighted by Gasteiger charge is -2.36. The molecule has 168 valence electrons. The summed E-state index contributed by atoms with van der Waals surface area (Å²) >= 11 is 0. The van der Waals surface area contributed by atoms with Gasteiger partial charge in [-0.25, -0.2) is 0 Å². The van der Waals surface area contributed by atoms with Crippen molar-refractivity contribution < 1.29 is 9.53 Å². The van der Waals surface area contributed by atoms with E-state index in [2.05, 4.69) is 60.9 Å². The van der Waals surface area contributed by atoms with Gasteiger partial charge < -0.3 is 14.5 Å². The molecule has 0 bridgehead atoms. The van der Waals surface area contributed by atoms with Crippen LogP contribution < -0.4 is 9.64 Å². The lowest BCUT2D eigenvalue weighted by molar-refractivity contribution is -0.126. The van der Waals surface area contributed by atoms with E-state index in [0.29, 0.717) is 19.1 Å². The van der Waals surface area contributed by atoms with E-state index in [1.807, 2.05) is 4.90 Å². The fourth-order valence-corrected chi connectivity index (χ4v) is 4.95. The third-order valence-corrected chi connectivity index (χ3v) is 6.66. The molecule has 1 amide bonds. The van der Waals surface area contributed by atoms with Gasteiger partial charge in [-0.15, -0.1) is 0 Å². The quantitative estimate of drug-likeness (QED) is 0.567. The van der Waals surface area contributed by atoms with Crippen LogP contribution in [-0.2, 0) is 11.2 Å². The van der Waals surface area contributed by atoms with Gasteiger partial charge in [-0.1, -0.05) is 43.0 Å². The van der Waals surface area contributed by atoms with Gasteiger partial charge in [0.15, 0.2) is 0 Å². The number of piperazine rings is 1. The molecule has 1 aromatic heterocycles. The maximum absolute atomic E-state index is 12.0. The van der Waals surface area contributed by atoms with Crippen molar-refractivity contribution in [3.63, 3.8) is 0 Å². The molecule has 2 heterocycles. The molecule has 0 atom stereocenters. The number of nitrogens with zero attached hydrogens (tertiary/aromatic N) is 4. The maximum Gasteiger partial charge on any atom is 0.318 e. The summed E-state index contributed by atoms with van der Waals surface area (Å²) in [5.74, 6) is 0.904. The summed E-state index contributed by atoms with van der Waals surface area (Å²) in [5.41, 5.74) is 5.92. The average Bonchev–Trinajstić information content (AvgIpc) is 2.87. The van der Waals surface area contributed by atoms with Crippen molar-refractivity contribution in [3.05, 3.63) is 71.4 Å². The smallest absolute Gasteiger partial charge is 0.318 e. The van der Waals surface area contributed by atoms with E-state index in [1.165, 1.54) is 33.5 Å². The monoisotopic (exact) mass is 440 g/mol. The number of carbonyl (C=O) groups is 1. The molecule has 0 N–H and O–H groups in total. The summed E-state index contributed by atoms with van der Waals surface area (Å²) in [7, 11) is 1.60. The number of ether oxygens (including phenoxy) is 1. The summed E-state index contributed by atoms with van der Waals surface area (Å²) < 4.78 is 5.46. The van der Waals surface area contributed by atoms with Crippen molar-refractivity contribution in [3.8, 4) is 6.01 Å². The van der Waals surface area contributed by atoms with E-state index < -0.39 is 0 Å². The summed E-state index contributed by atoms with van der Waals surface area (Å²) in [6.07, 6.45) is 5.38. The Bertz CT molecular complexity index is 1270. The Labute approximate surface area is 194 Å². The molecule has 2 aromatic carbocycles. The Kier molecular flexibility index (Phi) is 5.58. The van der Waals surface area contributed by atoms with E-state index >= 15 is 0 Å². The number of fused-ring (bicyclic) bond motifs is 2. The van der Waals surface area contributed by atoms with Crippen LogP contribution in [0.25, 0.3) is 22.4 Å². The molecule has 6 heteroatoms. The Morgan fingerprint density at radius 3 is 2.55 bits per heavy atom. The number of rotatable bonds is 4. The molecule has 0 radical (unpaired) electrons. The van der Waals surface area contributed by atoms with Gasteiger partial charge in [-0.2, -0.15) is 9.97 Å². The van der Waals surface area contributed by atoms with Gasteiger partial charge >= 0.3 is 6.01 Å². The molecule has 5 rings (SSSR count). The molecule has 33 heavy (non-hydrogen) atoms. The highest BCUT2D eigenvalue weighted by molar-refractivity contribution is 6.00. The van der Waals surface area contributed by atoms with E-state index in [4.69, 9.17) is 14.7 Å². The Morgan fingerprint density at radius 1 is 1.06 bits per heavy atom.